The minimum atomic E-state index is 0.975. The third kappa shape index (κ3) is 1.47. The van der Waals surface area contributed by atoms with Crippen LogP contribution in [0.2, 0.25) is 0 Å². The van der Waals surface area contributed by atoms with Crippen molar-refractivity contribution < 1.29 is 4.42 Å². The Morgan fingerprint density at radius 2 is 1.47 bits per heavy atom. The van der Waals surface area contributed by atoms with Gasteiger partial charge in [-0.15, -0.1) is 0 Å². The van der Waals surface area contributed by atoms with E-state index in [-0.39, 0.29) is 0 Å². The molecular formula is C17H11BrO. The van der Waals surface area contributed by atoms with Crippen LogP contribution in [0.4, 0.5) is 0 Å². The maximum absolute atomic E-state index is 6.13. The molecule has 0 spiro atoms. The summed E-state index contributed by atoms with van der Waals surface area (Å²) >= 11 is 3.67. The van der Waals surface area contributed by atoms with E-state index in [1.165, 1.54) is 21.7 Å². The molecule has 1 aromatic heterocycles. The molecule has 0 aliphatic heterocycles. The number of aryl methyl sites for hydroxylation is 1. The van der Waals surface area contributed by atoms with E-state index >= 15 is 0 Å². The van der Waals surface area contributed by atoms with Gasteiger partial charge in [-0.2, -0.15) is 0 Å². The van der Waals surface area contributed by atoms with E-state index in [4.69, 9.17) is 4.42 Å². The maximum Gasteiger partial charge on any atom is 0.143 e. The Labute approximate surface area is 119 Å². The molecule has 3 aromatic carbocycles. The molecule has 0 saturated heterocycles. The number of hydrogen-bond acceptors (Lipinski definition) is 1. The first-order valence-electron chi connectivity index (χ1n) is 6.25. The van der Waals surface area contributed by atoms with Gasteiger partial charge in [-0.25, -0.2) is 0 Å². The highest BCUT2D eigenvalue weighted by molar-refractivity contribution is 9.10. The summed E-state index contributed by atoms with van der Waals surface area (Å²) < 4.78 is 7.24. The van der Waals surface area contributed by atoms with Crippen molar-refractivity contribution in [3.05, 3.63) is 58.6 Å². The molecule has 0 radical (unpaired) electrons. The fraction of sp³-hybridized carbons (Fsp3) is 0.0588. The minimum absolute atomic E-state index is 0.975. The summed E-state index contributed by atoms with van der Waals surface area (Å²) in [5.74, 6) is 0. The third-order valence-electron chi connectivity index (χ3n) is 3.65. The standard InChI is InChI=1S/C17H11BrO/c1-10-5-4-8-13-14-9-15(18)11-6-2-3-7-12(11)17(14)19-16(10)13/h2-9H,1H3. The highest BCUT2D eigenvalue weighted by Crippen LogP contribution is 2.38. The quantitative estimate of drug-likeness (QED) is 0.399. The fourth-order valence-corrected chi connectivity index (χ4v) is 3.29. The smallest absolute Gasteiger partial charge is 0.143 e. The van der Waals surface area contributed by atoms with Gasteiger partial charge in [0.1, 0.15) is 11.2 Å². The lowest BCUT2D eigenvalue weighted by molar-refractivity contribution is 0.669. The molecule has 0 aliphatic carbocycles. The highest BCUT2D eigenvalue weighted by atomic mass is 79.9. The average molecular weight is 311 g/mol. The zero-order chi connectivity index (χ0) is 13.0. The van der Waals surface area contributed by atoms with Gasteiger partial charge in [0.05, 0.1) is 0 Å². The molecule has 19 heavy (non-hydrogen) atoms. The van der Waals surface area contributed by atoms with Gasteiger partial charge < -0.3 is 4.42 Å². The topological polar surface area (TPSA) is 13.1 Å². The maximum atomic E-state index is 6.13. The number of fused-ring (bicyclic) bond motifs is 5. The fourth-order valence-electron chi connectivity index (χ4n) is 2.72. The van der Waals surface area contributed by atoms with Crippen molar-refractivity contribution in [3.63, 3.8) is 0 Å². The van der Waals surface area contributed by atoms with E-state index in [2.05, 4.69) is 59.3 Å². The lowest BCUT2D eigenvalue weighted by Crippen LogP contribution is -1.75. The van der Waals surface area contributed by atoms with E-state index in [1.54, 1.807) is 0 Å². The van der Waals surface area contributed by atoms with Crippen molar-refractivity contribution in [3.8, 4) is 0 Å². The number of furan rings is 1. The van der Waals surface area contributed by atoms with Gasteiger partial charge in [0.2, 0.25) is 0 Å². The number of para-hydroxylation sites is 1. The SMILES string of the molecule is Cc1cccc2c1oc1c3ccccc3c(Br)cc21. The van der Waals surface area contributed by atoms with Crippen molar-refractivity contribution in [2.75, 3.05) is 0 Å². The first kappa shape index (κ1) is 11.1. The van der Waals surface area contributed by atoms with Crippen LogP contribution in [0.25, 0.3) is 32.7 Å². The Kier molecular flexibility index (Phi) is 2.24. The van der Waals surface area contributed by atoms with Crippen LogP contribution < -0.4 is 0 Å². The van der Waals surface area contributed by atoms with Gasteiger partial charge in [0.15, 0.2) is 0 Å². The summed E-state index contributed by atoms with van der Waals surface area (Å²) in [6.07, 6.45) is 0. The Hall–Kier alpha value is -1.80. The number of halogens is 1. The zero-order valence-electron chi connectivity index (χ0n) is 10.4. The van der Waals surface area contributed by atoms with Crippen molar-refractivity contribution >= 4 is 48.6 Å². The van der Waals surface area contributed by atoms with Crippen molar-refractivity contribution in [2.24, 2.45) is 0 Å². The molecule has 0 aliphatic rings. The molecule has 1 nitrogen and oxygen atoms in total. The molecule has 1 heterocycles. The summed E-state index contributed by atoms with van der Waals surface area (Å²) in [5, 5.41) is 4.69. The third-order valence-corrected chi connectivity index (χ3v) is 4.31. The zero-order valence-corrected chi connectivity index (χ0v) is 12.0. The molecule has 4 rings (SSSR count). The first-order valence-corrected chi connectivity index (χ1v) is 7.04. The van der Waals surface area contributed by atoms with E-state index < -0.39 is 0 Å². The van der Waals surface area contributed by atoms with Crippen LogP contribution in [-0.4, -0.2) is 0 Å². The van der Waals surface area contributed by atoms with Gasteiger partial charge in [-0.05, 0) is 23.9 Å². The summed E-state index contributed by atoms with van der Waals surface area (Å²) in [7, 11) is 0. The molecule has 0 unspecified atom stereocenters. The second-order valence-electron chi connectivity index (χ2n) is 4.83. The van der Waals surface area contributed by atoms with Gasteiger partial charge >= 0.3 is 0 Å². The predicted molar refractivity (Wildman–Crippen MR) is 83.7 cm³/mol. The number of hydrogen-bond donors (Lipinski definition) is 0. The summed E-state index contributed by atoms with van der Waals surface area (Å²) in [6, 6.07) is 16.8. The molecule has 0 N–H and O–H groups in total. The molecule has 0 amide bonds. The van der Waals surface area contributed by atoms with Crippen LogP contribution in [0.3, 0.4) is 0 Å². The normalized spacial score (nSPS) is 11.7. The largest absolute Gasteiger partial charge is 0.455 e. The minimum Gasteiger partial charge on any atom is -0.455 e. The Balaban J connectivity index is 2.36. The predicted octanol–water partition coefficient (Wildman–Crippen LogP) is 5.81. The second-order valence-corrected chi connectivity index (χ2v) is 5.69. The van der Waals surface area contributed by atoms with Gasteiger partial charge in [0, 0.05) is 20.6 Å². The summed E-state index contributed by atoms with van der Waals surface area (Å²) in [5.41, 5.74) is 3.14. The van der Waals surface area contributed by atoms with Crippen LogP contribution in [0.5, 0.6) is 0 Å². The Bertz CT molecular complexity index is 934. The summed E-state index contributed by atoms with van der Waals surface area (Å²) in [6.45, 7) is 2.09. The molecule has 2 heteroatoms. The Morgan fingerprint density at radius 1 is 0.789 bits per heavy atom. The lowest BCUT2D eigenvalue weighted by atomic mass is 10.1. The van der Waals surface area contributed by atoms with Gasteiger partial charge in [-0.1, -0.05) is 58.4 Å². The van der Waals surface area contributed by atoms with E-state index in [9.17, 15) is 0 Å². The molecule has 0 atom stereocenters. The van der Waals surface area contributed by atoms with Gasteiger partial charge in [-0.3, -0.25) is 0 Å². The Morgan fingerprint density at radius 3 is 2.32 bits per heavy atom. The number of benzene rings is 3. The van der Waals surface area contributed by atoms with E-state index in [0.717, 1.165) is 21.0 Å². The average Bonchev–Trinajstić information content (AvgIpc) is 2.80. The molecule has 0 fully saturated rings. The van der Waals surface area contributed by atoms with Crippen LogP contribution in [0, 0.1) is 6.92 Å². The van der Waals surface area contributed by atoms with Crippen molar-refractivity contribution in [2.45, 2.75) is 6.92 Å². The molecule has 4 aromatic rings. The molecule has 0 bridgehead atoms. The molecular weight excluding hydrogens is 300 g/mol. The van der Waals surface area contributed by atoms with Crippen LogP contribution >= 0.6 is 15.9 Å². The summed E-state index contributed by atoms with van der Waals surface area (Å²) in [4.78, 5) is 0. The number of rotatable bonds is 0. The molecule has 0 saturated carbocycles. The monoisotopic (exact) mass is 310 g/mol. The van der Waals surface area contributed by atoms with Crippen molar-refractivity contribution in [1.82, 2.24) is 0 Å². The second kappa shape index (κ2) is 3.84. The van der Waals surface area contributed by atoms with E-state index in [1.807, 2.05) is 12.1 Å². The first-order chi connectivity index (χ1) is 9.25. The molecule has 92 valence electrons. The highest BCUT2D eigenvalue weighted by Gasteiger charge is 2.13. The van der Waals surface area contributed by atoms with Crippen LogP contribution in [0.15, 0.2) is 57.4 Å². The van der Waals surface area contributed by atoms with Crippen LogP contribution in [-0.2, 0) is 0 Å². The van der Waals surface area contributed by atoms with E-state index in [0.29, 0.717) is 0 Å². The van der Waals surface area contributed by atoms with Crippen molar-refractivity contribution in [1.29, 1.82) is 0 Å². The lowest BCUT2D eigenvalue weighted by Gasteiger charge is -2.01. The van der Waals surface area contributed by atoms with Gasteiger partial charge in [0.25, 0.3) is 0 Å². The van der Waals surface area contributed by atoms with Crippen LogP contribution in [0.1, 0.15) is 5.56 Å².